The Kier molecular flexibility index (Phi) is 5.41. The molecule has 6 heteroatoms. The summed E-state index contributed by atoms with van der Waals surface area (Å²) in [6.45, 7) is 0.983. The third-order valence-electron chi connectivity index (χ3n) is 1.49. The lowest BCUT2D eigenvalue weighted by molar-refractivity contribution is 0.840. The van der Waals surface area contributed by atoms with Crippen molar-refractivity contribution in [3.8, 4) is 0 Å². The van der Waals surface area contributed by atoms with Crippen molar-refractivity contribution >= 4 is 40.4 Å². The number of unbranched alkanes of at least 4 members (excludes halogenated alkanes) is 1. The first-order valence-electron chi connectivity index (χ1n) is 4.11. The monoisotopic (exact) mass is 235 g/mol. The lowest BCUT2D eigenvalue weighted by Gasteiger charge is -2.00. The van der Waals surface area contributed by atoms with E-state index in [4.69, 9.17) is 12.2 Å². The van der Waals surface area contributed by atoms with E-state index < -0.39 is 0 Å². The van der Waals surface area contributed by atoms with Gasteiger partial charge in [0.15, 0.2) is 3.95 Å². The lowest BCUT2D eigenvalue weighted by atomic mass is 10.3. The summed E-state index contributed by atoms with van der Waals surface area (Å²) < 4.78 is 0.728. The van der Waals surface area contributed by atoms with Crippen LogP contribution in [0.4, 0.5) is 5.13 Å². The number of thioether (sulfide) groups is 1. The highest BCUT2D eigenvalue weighted by molar-refractivity contribution is 7.98. The molecule has 0 fully saturated rings. The Bertz CT molecular complexity index is 281. The predicted molar refractivity (Wildman–Crippen MR) is 63.4 cm³/mol. The highest BCUT2D eigenvalue weighted by Crippen LogP contribution is 2.10. The molecule has 13 heavy (non-hydrogen) atoms. The van der Waals surface area contributed by atoms with E-state index in [0.29, 0.717) is 0 Å². The quantitative estimate of drug-likeness (QED) is 0.587. The first-order valence-corrected chi connectivity index (χ1v) is 6.73. The van der Waals surface area contributed by atoms with E-state index in [0.717, 1.165) is 15.6 Å². The van der Waals surface area contributed by atoms with Gasteiger partial charge in [0.25, 0.3) is 0 Å². The Morgan fingerprint density at radius 3 is 3.08 bits per heavy atom. The average Bonchev–Trinajstić information content (AvgIpc) is 2.51. The fourth-order valence-electron chi connectivity index (χ4n) is 0.872. The third kappa shape index (κ3) is 4.64. The zero-order chi connectivity index (χ0) is 9.52. The Morgan fingerprint density at radius 1 is 1.62 bits per heavy atom. The van der Waals surface area contributed by atoms with Gasteiger partial charge in [0.05, 0.1) is 0 Å². The molecule has 0 saturated heterocycles. The van der Waals surface area contributed by atoms with Gasteiger partial charge >= 0.3 is 0 Å². The van der Waals surface area contributed by atoms with Crippen molar-refractivity contribution in [3.05, 3.63) is 3.95 Å². The second-order valence-corrected chi connectivity index (χ2v) is 5.20. The Hall–Kier alpha value is -0.0700. The maximum atomic E-state index is 4.91. The summed E-state index contributed by atoms with van der Waals surface area (Å²) >= 11 is 8.28. The van der Waals surface area contributed by atoms with Gasteiger partial charge in [-0.1, -0.05) is 11.3 Å². The summed E-state index contributed by atoms with van der Waals surface area (Å²) in [6, 6.07) is 0. The second kappa shape index (κ2) is 6.39. The Morgan fingerprint density at radius 2 is 2.46 bits per heavy atom. The van der Waals surface area contributed by atoms with Crippen LogP contribution in [0, 0.1) is 3.95 Å². The number of nitrogens with one attached hydrogen (secondary N) is 2. The molecule has 0 aliphatic carbocycles. The van der Waals surface area contributed by atoms with Gasteiger partial charge in [-0.25, -0.2) is 0 Å². The molecule has 0 aromatic carbocycles. The zero-order valence-corrected chi connectivity index (χ0v) is 9.95. The molecule has 0 saturated carbocycles. The molecule has 1 aromatic heterocycles. The van der Waals surface area contributed by atoms with Crippen LogP contribution in [0.3, 0.4) is 0 Å². The molecule has 0 bridgehead atoms. The van der Waals surface area contributed by atoms with Crippen molar-refractivity contribution in [1.29, 1.82) is 0 Å². The third-order valence-corrected chi connectivity index (χ3v) is 3.23. The van der Waals surface area contributed by atoms with E-state index in [9.17, 15) is 0 Å². The SMILES string of the molecule is CSCCCCNc1n[nH]c(=S)s1. The molecule has 0 atom stereocenters. The van der Waals surface area contributed by atoms with Crippen LogP contribution in [-0.2, 0) is 0 Å². The van der Waals surface area contributed by atoms with Crippen LogP contribution in [0.5, 0.6) is 0 Å². The van der Waals surface area contributed by atoms with E-state index in [1.165, 1.54) is 29.9 Å². The van der Waals surface area contributed by atoms with Gasteiger partial charge in [0.2, 0.25) is 5.13 Å². The standard InChI is InChI=1S/C7H13N3S3/c1-12-5-3-2-4-8-6-9-10-7(11)13-6/h2-5H2,1H3,(H,8,9)(H,10,11). The fourth-order valence-corrected chi connectivity index (χ4v) is 2.18. The van der Waals surface area contributed by atoms with Crippen molar-refractivity contribution in [1.82, 2.24) is 10.2 Å². The van der Waals surface area contributed by atoms with Crippen LogP contribution >= 0.6 is 35.3 Å². The molecule has 0 spiro atoms. The van der Waals surface area contributed by atoms with Crippen LogP contribution < -0.4 is 5.32 Å². The average molecular weight is 235 g/mol. The van der Waals surface area contributed by atoms with Crippen LogP contribution in [0.2, 0.25) is 0 Å². The molecule has 1 aromatic rings. The topological polar surface area (TPSA) is 40.7 Å². The number of nitrogens with zero attached hydrogens (tertiary/aromatic N) is 1. The molecule has 1 heterocycles. The number of aromatic nitrogens is 2. The predicted octanol–water partition coefficient (Wildman–Crippen LogP) is 2.76. The number of rotatable bonds is 6. The van der Waals surface area contributed by atoms with Gasteiger partial charge in [-0.15, -0.1) is 5.10 Å². The maximum Gasteiger partial charge on any atom is 0.204 e. The molecule has 0 aliphatic rings. The van der Waals surface area contributed by atoms with Crippen molar-refractivity contribution in [2.75, 3.05) is 23.9 Å². The zero-order valence-electron chi connectivity index (χ0n) is 7.50. The molecule has 3 nitrogen and oxygen atoms in total. The minimum atomic E-state index is 0.728. The highest BCUT2D eigenvalue weighted by atomic mass is 32.2. The summed E-state index contributed by atoms with van der Waals surface area (Å²) in [6.07, 6.45) is 4.57. The molecule has 0 unspecified atom stereocenters. The molecule has 0 amide bonds. The van der Waals surface area contributed by atoms with Gasteiger partial charge in [0, 0.05) is 6.54 Å². The summed E-state index contributed by atoms with van der Waals surface area (Å²) in [5.74, 6) is 1.23. The number of hydrogen-bond donors (Lipinski definition) is 2. The normalized spacial score (nSPS) is 10.2. The lowest BCUT2D eigenvalue weighted by Crippen LogP contribution is -2.01. The molecule has 2 N–H and O–H groups in total. The Balaban J connectivity index is 2.09. The number of H-pyrrole nitrogens is 1. The summed E-state index contributed by atoms with van der Waals surface area (Å²) in [5, 5.41) is 10.9. The molecule has 0 radical (unpaired) electrons. The summed E-state index contributed by atoms with van der Waals surface area (Å²) in [5.41, 5.74) is 0. The van der Waals surface area contributed by atoms with E-state index in [2.05, 4.69) is 21.8 Å². The minimum absolute atomic E-state index is 0.728. The van der Waals surface area contributed by atoms with Crippen LogP contribution in [0.25, 0.3) is 0 Å². The molecule has 1 rings (SSSR count). The Labute approximate surface area is 91.3 Å². The second-order valence-electron chi connectivity index (χ2n) is 2.54. The maximum absolute atomic E-state index is 4.91. The number of hydrogen-bond acceptors (Lipinski definition) is 5. The molecular formula is C7H13N3S3. The van der Waals surface area contributed by atoms with Gasteiger partial charge in [-0.3, -0.25) is 5.10 Å². The number of aromatic amines is 1. The van der Waals surface area contributed by atoms with Gasteiger partial charge in [0.1, 0.15) is 0 Å². The van der Waals surface area contributed by atoms with Crippen LogP contribution in [0.1, 0.15) is 12.8 Å². The van der Waals surface area contributed by atoms with Crippen molar-refractivity contribution in [2.45, 2.75) is 12.8 Å². The number of anilines is 1. The van der Waals surface area contributed by atoms with E-state index >= 15 is 0 Å². The van der Waals surface area contributed by atoms with Crippen molar-refractivity contribution in [3.63, 3.8) is 0 Å². The first kappa shape index (κ1) is 11.0. The van der Waals surface area contributed by atoms with E-state index in [1.807, 2.05) is 11.8 Å². The van der Waals surface area contributed by atoms with Crippen molar-refractivity contribution in [2.24, 2.45) is 0 Å². The largest absolute Gasteiger partial charge is 0.360 e. The summed E-state index contributed by atoms with van der Waals surface area (Å²) in [7, 11) is 0. The van der Waals surface area contributed by atoms with Crippen LogP contribution in [-0.4, -0.2) is 28.8 Å². The van der Waals surface area contributed by atoms with Gasteiger partial charge in [-0.2, -0.15) is 11.8 Å². The van der Waals surface area contributed by atoms with E-state index in [1.54, 1.807) is 0 Å². The minimum Gasteiger partial charge on any atom is -0.360 e. The summed E-state index contributed by atoms with van der Waals surface area (Å²) in [4.78, 5) is 0. The molecule has 74 valence electrons. The van der Waals surface area contributed by atoms with Crippen LogP contribution in [0.15, 0.2) is 0 Å². The molecule has 0 aliphatic heterocycles. The molecular weight excluding hydrogens is 222 g/mol. The van der Waals surface area contributed by atoms with E-state index in [-0.39, 0.29) is 0 Å². The fraction of sp³-hybridized carbons (Fsp3) is 0.714. The van der Waals surface area contributed by atoms with Gasteiger partial charge in [-0.05, 0) is 37.1 Å². The van der Waals surface area contributed by atoms with Gasteiger partial charge < -0.3 is 5.32 Å². The smallest absolute Gasteiger partial charge is 0.204 e. The van der Waals surface area contributed by atoms with Crippen molar-refractivity contribution < 1.29 is 0 Å². The highest BCUT2D eigenvalue weighted by Gasteiger charge is 1.94. The first-order chi connectivity index (χ1) is 6.33.